The number of hydrogen-bond donors (Lipinski definition) is 2. The first-order valence-electron chi connectivity index (χ1n) is 8.87. The number of hydrogen-bond acceptors (Lipinski definition) is 5. The van der Waals surface area contributed by atoms with Crippen molar-refractivity contribution >= 4 is 27.8 Å². The number of amides is 1. The number of rotatable bonds is 5. The van der Waals surface area contributed by atoms with E-state index in [2.05, 4.69) is 15.5 Å². The minimum atomic E-state index is -0.462. The van der Waals surface area contributed by atoms with Gasteiger partial charge in [-0.15, -0.1) is 0 Å². The lowest BCUT2D eigenvalue weighted by Crippen LogP contribution is -2.38. The third kappa shape index (κ3) is 3.32. The van der Waals surface area contributed by atoms with E-state index in [1.54, 1.807) is 42.5 Å². The van der Waals surface area contributed by atoms with Crippen LogP contribution < -0.4 is 16.6 Å². The van der Waals surface area contributed by atoms with Crippen molar-refractivity contribution in [1.29, 1.82) is 0 Å². The Balaban J connectivity index is 1.50. The summed E-state index contributed by atoms with van der Waals surface area (Å²) in [5.41, 5.74) is 1.39. The highest BCUT2D eigenvalue weighted by Gasteiger charge is 2.15. The molecule has 0 aliphatic heterocycles. The lowest BCUT2D eigenvalue weighted by Gasteiger charge is -2.14. The average molecular weight is 378 g/mol. The summed E-state index contributed by atoms with van der Waals surface area (Å²) in [6.45, 7) is 2.09. The van der Waals surface area contributed by atoms with Gasteiger partial charge in [-0.25, -0.2) is 9.89 Å². The van der Waals surface area contributed by atoms with Crippen LogP contribution in [-0.4, -0.2) is 26.7 Å². The molecular formula is C20H18N4O4. The zero-order valence-corrected chi connectivity index (χ0v) is 15.1. The maximum Gasteiger partial charge on any atom is 0.420 e. The Hall–Kier alpha value is -3.68. The number of carbonyl (C=O) groups excluding carboxylic acids is 1. The molecule has 8 heteroatoms. The number of benzene rings is 2. The van der Waals surface area contributed by atoms with Crippen molar-refractivity contribution in [3.8, 4) is 0 Å². The molecule has 8 nitrogen and oxygen atoms in total. The van der Waals surface area contributed by atoms with Crippen molar-refractivity contribution < 1.29 is 9.21 Å². The van der Waals surface area contributed by atoms with E-state index in [9.17, 15) is 14.4 Å². The van der Waals surface area contributed by atoms with Crippen molar-refractivity contribution in [3.05, 3.63) is 75.1 Å². The predicted molar refractivity (Wildman–Crippen MR) is 104 cm³/mol. The van der Waals surface area contributed by atoms with Gasteiger partial charge in [0.1, 0.15) is 0 Å². The molecular weight excluding hydrogens is 360 g/mol. The lowest BCUT2D eigenvalue weighted by atomic mass is 10.1. The van der Waals surface area contributed by atoms with Crippen LogP contribution in [-0.2, 0) is 17.8 Å². The van der Waals surface area contributed by atoms with Crippen LogP contribution in [0.15, 0.2) is 62.5 Å². The number of carbonyl (C=O) groups is 1. The largest absolute Gasteiger partial charge is 0.420 e. The molecule has 0 aliphatic rings. The van der Waals surface area contributed by atoms with E-state index in [0.29, 0.717) is 27.6 Å². The summed E-state index contributed by atoms with van der Waals surface area (Å²) in [5.74, 6) is -0.714. The molecule has 4 rings (SSSR count). The Morgan fingerprint density at radius 1 is 1.14 bits per heavy atom. The third-order valence-corrected chi connectivity index (χ3v) is 4.54. The molecule has 0 saturated heterocycles. The van der Waals surface area contributed by atoms with Crippen molar-refractivity contribution in [2.45, 2.75) is 25.9 Å². The van der Waals surface area contributed by atoms with Gasteiger partial charge in [0.05, 0.1) is 23.0 Å². The van der Waals surface area contributed by atoms with Crippen LogP contribution in [0.25, 0.3) is 21.9 Å². The smallest absolute Gasteiger partial charge is 0.408 e. The van der Waals surface area contributed by atoms with Gasteiger partial charge in [0.2, 0.25) is 5.91 Å². The fourth-order valence-electron chi connectivity index (χ4n) is 3.29. The molecule has 2 aromatic heterocycles. The number of aromatic nitrogens is 3. The topological polar surface area (TPSA) is 110 Å². The summed E-state index contributed by atoms with van der Waals surface area (Å²) >= 11 is 0. The lowest BCUT2D eigenvalue weighted by molar-refractivity contribution is -0.121. The number of para-hydroxylation sites is 2. The van der Waals surface area contributed by atoms with E-state index in [-0.39, 0.29) is 30.5 Å². The molecule has 0 unspecified atom stereocenters. The Morgan fingerprint density at radius 3 is 2.68 bits per heavy atom. The van der Waals surface area contributed by atoms with Crippen molar-refractivity contribution in [3.63, 3.8) is 0 Å². The van der Waals surface area contributed by atoms with E-state index in [0.717, 1.165) is 0 Å². The first kappa shape index (κ1) is 17.7. The van der Waals surface area contributed by atoms with Crippen LogP contribution in [0.3, 0.4) is 0 Å². The molecule has 0 saturated carbocycles. The summed E-state index contributed by atoms with van der Waals surface area (Å²) in [6.07, 6.45) is 0.0165. The Morgan fingerprint density at radius 2 is 1.86 bits per heavy atom. The summed E-state index contributed by atoms with van der Waals surface area (Å²) in [7, 11) is 0. The first-order valence-corrected chi connectivity index (χ1v) is 8.87. The van der Waals surface area contributed by atoms with Crippen LogP contribution in [0.1, 0.15) is 12.6 Å². The molecule has 4 aromatic rings. The van der Waals surface area contributed by atoms with Gasteiger partial charge in [-0.2, -0.15) is 5.10 Å². The van der Waals surface area contributed by atoms with Crippen LogP contribution in [0, 0.1) is 0 Å². The normalized spacial score (nSPS) is 12.3. The molecule has 0 aliphatic carbocycles. The van der Waals surface area contributed by atoms with E-state index in [1.807, 2.05) is 13.0 Å². The molecule has 0 bridgehead atoms. The molecule has 1 amide bonds. The zero-order chi connectivity index (χ0) is 19.7. The fourth-order valence-corrected chi connectivity index (χ4v) is 3.29. The number of nitrogens with one attached hydrogen (secondary N) is 2. The van der Waals surface area contributed by atoms with Crippen molar-refractivity contribution in [2.75, 3.05) is 0 Å². The van der Waals surface area contributed by atoms with Gasteiger partial charge in [0.15, 0.2) is 5.58 Å². The summed E-state index contributed by atoms with van der Waals surface area (Å²) in [5, 5.41) is 10.4. The molecule has 2 N–H and O–H groups in total. The molecule has 0 spiro atoms. The van der Waals surface area contributed by atoms with E-state index in [4.69, 9.17) is 4.42 Å². The number of H-pyrrole nitrogens is 1. The Labute approximate surface area is 158 Å². The Kier molecular flexibility index (Phi) is 4.52. The predicted octanol–water partition coefficient (Wildman–Crippen LogP) is 1.58. The molecule has 0 radical (unpaired) electrons. The molecule has 142 valence electrons. The van der Waals surface area contributed by atoms with Gasteiger partial charge in [-0.1, -0.05) is 30.3 Å². The van der Waals surface area contributed by atoms with Crippen LogP contribution in [0.4, 0.5) is 0 Å². The van der Waals surface area contributed by atoms with Crippen LogP contribution in [0.5, 0.6) is 0 Å². The number of fused-ring (bicyclic) bond motifs is 2. The summed E-state index contributed by atoms with van der Waals surface area (Å²) in [4.78, 5) is 36.4. The Bertz CT molecular complexity index is 1280. The van der Waals surface area contributed by atoms with Gasteiger partial charge in [-0.05, 0) is 25.1 Å². The standard InChI is InChI=1S/C20H18N4O4/c1-12(11-24-16-8-4-5-9-17(16)28-20(24)27)21-18(25)10-15-13-6-2-3-7-14(13)19(26)23-22-15/h2-9,12H,10-11H2,1H3,(H,21,25)(H,23,26)/t12-/m0/s1. The highest BCUT2D eigenvalue weighted by atomic mass is 16.4. The first-order chi connectivity index (χ1) is 13.5. The second-order valence-electron chi connectivity index (χ2n) is 6.64. The number of oxazole rings is 1. The monoisotopic (exact) mass is 378 g/mol. The molecule has 1 atom stereocenters. The van der Waals surface area contributed by atoms with Gasteiger partial charge < -0.3 is 9.73 Å². The third-order valence-electron chi connectivity index (χ3n) is 4.54. The highest BCUT2D eigenvalue weighted by Crippen LogP contribution is 2.14. The number of nitrogens with zero attached hydrogens (tertiary/aromatic N) is 2. The van der Waals surface area contributed by atoms with Gasteiger partial charge in [-0.3, -0.25) is 14.2 Å². The minimum Gasteiger partial charge on any atom is -0.408 e. The number of aromatic amines is 1. The minimum absolute atomic E-state index is 0.0165. The van der Waals surface area contributed by atoms with Crippen molar-refractivity contribution in [1.82, 2.24) is 20.1 Å². The quantitative estimate of drug-likeness (QED) is 0.548. The van der Waals surface area contributed by atoms with Crippen LogP contribution in [0.2, 0.25) is 0 Å². The van der Waals surface area contributed by atoms with Crippen molar-refractivity contribution in [2.24, 2.45) is 0 Å². The van der Waals surface area contributed by atoms with E-state index in [1.165, 1.54) is 4.57 Å². The van der Waals surface area contributed by atoms with Gasteiger partial charge in [0.25, 0.3) is 5.56 Å². The fraction of sp³-hybridized carbons (Fsp3) is 0.200. The molecule has 2 heterocycles. The SMILES string of the molecule is C[C@@H](Cn1c(=O)oc2ccccc21)NC(=O)Cc1n[nH]c(=O)c2ccccc12. The molecule has 0 fully saturated rings. The zero-order valence-electron chi connectivity index (χ0n) is 15.1. The molecule has 2 aromatic carbocycles. The highest BCUT2D eigenvalue weighted by molar-refractivity contribution is 5.88. The summed E-state index contributed by atoms with van der Waals surface area (Å²) < 4.78 is 6.70. The van der Waals surface area contributed by atoms with Gasteiger partial charge >= 0.3 is 5.76 Å². The van der Waals surface area contributed by atoms with E-state index >= 15 is 0 Å². The summed E-state index contributed by atoms with van der Waals surface area (Å²) in [6, 6.07) is 13.8. The van der Waals surface area contributed by atoms with Gasteiger partial charge in [0, 0.05) is 18.0 Å². The van der Waals surface area contributed by atoms with Crippen LogP contribution >= 0.6 is 0 Å². The second kappa shape index (κ2) is 7.15. The second-order valence-corrected chi connectivity index (χ2v) is 6.64. The maximum atomic E-state index is 12.5. The van der Waals surface area contributed by atoms with E-state index < -0.39 is 5.76 Å². The molecule has 28 heavy (non-hydrogen) atoms. The average Bonchev–Trinajstić information content (AvgIpc) is 2.99. The maximum absolute atomic E-state index is 12.5.